The molecule has 122 valence electrons. The van der Waals surface area contributed by atoms with Crippen molar-refractivity contribution in [3.8, 4) is 0 Å². The lowest BCUT2D eigenvalue weighted by Crippen LogP contribution is -2.31. The fourth-order valence-electron chi connectivity index (χ4n) is 2.70. The molecule has 0 aliphatic heterocycles. The summed E-state index contributed by atoms with van der Waals surface area (Å²) < 4.78 is 25.2. The number of carbonyl (C=O) groups is 1. The molecule has 1 aromatic carbocycles. The summed E-state index contributed by atoms with van der Waals surface area (Å²) >= 11 is 3.43. The number of ketones is 1. The van der Waals surface area contributed by atoms with Gasteiger partial charge in [-0.25, -0.2) is 0 Å². The molecule has 0 fully saturated rings. The Kier molecular flexibility index (Phi) is 5.65. The molecule has 22 heavy (non-hydrogen) atoms. The Morgan fingerprint density at radius 1 is 1.18 bits per heavy atom. The summed E-state index contributed by atoms with van der Waals surface area (Å²) in [7, 11) is -3.51. The van der Waals surface area contributed by atoms with Crippen LogP contribution in [0, 0.1) is 0 Å². The van der Waals surface area contributed by atoms with Crippen molar-refractivity contribution in [2.75, 3.05) is 0 Å². The van der Waals surface area contributed by atoms with E-state index < -0.39 is 13.3 Å². The molecule has 0 aromatic heterocycles. The Hall–Kier alpha value is -0.480. The molecular formula is C16H22BrO4P. The first-order valence-electron chi connectivity index (χ1n) is 7.52. The van der Waals surface area contributed by atoms with Crippen molar-refractivity contribution in [2.45, 2.75) is 58.4 Å². The van der Waals surface area contributed by atoms with Crippen LogP contribution in [0.25, 0.3) is 0 Å². The Bertz CT molecular complexity index is 598. The van der Waals surface area contributed by atoms with Gasteiger partial charge in [-0.2, -0.15) is 0 Å². The third kappa shape index (κ3) is 3.70. The highest BCUT2D eigenvalue weighted by Gasteiger charge is 2.45. The molecule has 1 atom stereocenters. The molecule has 1 aromatic rings. The molecule has 0 saturated carbocycles. The lowest BCUT2D eigenvalue weighted by Gasteiger charge is -2.32. The van der Waals surface area contributed by atoms with Gasteiger partial charge in [-0.05, 0) is 52.2 Å². The summed E-state index contributed by atoms with van der Waals surface area (Å²) in [5.74, 6) is -0.154. The van der Waals surface area contributed by atoms with Gasteiger partial charge in [0, 0.05) is 10.0 Å². The number of aryl methyl sites for hydroxylation is 1. The number of halogens is 1. The van der Waals surface area contributed by atoms with Gasteiger partial charge in [-0.15, -0.1) is 0 Å². The molecule has 0 N–H and O–H groups in total. The van der Waals surface area contributed by atoms with E-state index in [1.165, 1.54) is 0 Å². The third-order valence-electron chi connectivity index (χ3n) is 3.43. The number of carbonyl (C=O) groups excluding carboxylic acids is 1. The van der Waals surface area contributed by atoms with Crippen molar-refractivity contribution >= 4 is 29.3 Å². The van der Waals surface area contributed by atoms with E-state index in [0.717, 1.165) is 10.0 Å². The number of fused-ring (bicyclic) bond motifs is 1. The van der Waals surface area contributed by atoms with Gasteiger partial charge in [0.05, 0.1) is 12.2 Å². The molecule has 0 heterocycles. The van der Waals surface area contributed by atoms with E-state index in [1.807, 2.05) is 18.2 Å². The smallest absolute Gasteiger partial charge is 0.305 e. The van der Waals surface area contributed by atoms with Crippen LogP contribution in [0.2, 0.25) is 0 Å². The molecule has 6 heteroatoms. The zero-order valence-electron chi connectivity index (χ0n) is 13.3. The summed E-state index contributed by atoms with van der Waals surface area (Å²) in [5, 5.41) is 0. The van der Waals surface area contributed by atoms with Gasteiger partial charge in [0.25, 0.3) is 0 Å². The molecule has 1 aliphatic carbocycles. The van der Waals surface area contributed by atoms with E-state index >= 15 is 0 Å². The molecule has 0 amide bonds. The van der Waals surface area contributed by atoms with E-state index in [0.29, 0.717) is 18.4 Å². The minimum Gasteiger partial charge on any atom is -0.305 e. The summed E-state index contributed by atoms with van der Waals surface area (Å²) in [4.78, 5) is 12.9. The Morgan fingerprint density at radius 3 is 2.32 bits per heavy atom. The molecule has 1 aliphatic rings. The summed E-state index contributed by atoms with van der Waals surface area (Å²) in [6, 6.07) is 5.67. The van der Waals surface area contributed by atoms with Gasteiger partial charge in [0.15, 0.2) is 5.78 Å². The number of rotatable bonds is 5. The molecule has 0 spiro atoms. The van der Waals surface area contributed by atoms with Crippen LogP contribution in [0.1, 0.15) is 50.0 Å². The molecule has 0 radical (unpaired) electrons. The number of hydrogen-bond donors (Lipinski definition) is 0. The van der Waals surface area contributed by atoms with E-state index in [2.05, 4.69) is 15.9 Å². The molecule has 1 unspecified atom stereocenters. The molecule has 0 saturated heterocycles. The first kappa shape index (κ1) is 17.9. The standard InChI is InChI=1S/C16H22BrO4P/c1-10(2)20-22(19,21-11(3)4)14-9-8-12-6-5-7-13(17)15(12)16(14)18/h5-7,10-11,14H,8-9H2,1-4H3. The van der Waals surface area contributed by atoms with Crippen LogP contribution in [-0.4, -0.2) is 23.7 Å². The normalized spacial score (nSPS) is 18.9. The van der Waals surface area contributed by atoms with Gasteiger partial charge in [-0.3, -0.25) is 9.36 Å². The number of hydrogen-bond acceptors (Lipinski definition) is 4. The molecule has 4 nitrogen and oxygen atoms in total. The van der Waals surface area contributed by atoms with Crippen LogP contribution in [0.3, 0.4) is 0 Å². The average Bonchev–Trinajstić information content (AvgIpc) is 2.36. The molecular weight excluding hydrogens is 367 g/mol. The zero-order chi connectivity index (χ0) is 16.5. The summed E-state index contributed by atoms with van der Waals surface area (Å²) in [6.45, 7) is 7.20. The minimum absolute atomic E-state index is 0.154. The van der Waals surface area contributed by atoms with Crippen LogP contribution in [0.4, 0.5) is 0 Å². The van der Waals surface area contributed by atoms with Gasteiger partial charge in [-0.1, -0.05) is 28.1 Å². The number of benzene rings is 1. The maximum Gasteiger partial charge on any atom is 0.341 e. The van der Waals surface area contributed by atoms with Crippen molar-refractivity contribution in [2.24, 2.45) is 0 Å². The maximum atomic E-state index is 13.2. The monoisotopic (exact) mass is 388 g/mol. The highest BCUT2D eigenvalue weighted by Crippen LogP contribution is 2.58. The van der Waals surface area contributed by atoms with Gasteiger partial charge >= 0.3 is 7.60 Å². The molecule has 2 rings (SSSR count). The quantitative estimate of drug-likeness (QED) is 0.666. The first-order valence-corrected chi connectivity index (χ1v) is 9.93. The number of Topliss-reactive ketones (excluding diaryl/α,β-unsaturated/α-hetero) is 1. The van der Waals surface area contributed by atoms with Gasteiger partial charge < -0.3 is 9.05 Å². The lowest BCUT2D eigenvalue weighted by molar-refractivity contribution is 0.0925. The Morgan fingerprint density at radius 2 is 1.77 bits per heavy atom. The molecule has 0 bridgehead atoms. The van der Waals surface area contributed by atoms with Crippen molar-refractivity contribution in [1.82, 2.24) is 0 Å². The minimum atomic E-state index is -3.51. The van der Waals surface area contributed by atoms with Crippen LogP contribution < -0.4 is 0 Å². The second-order valence-corrected chi connectivity index (χ2v) is 9.02. The lowest BCUT2D eigenvalue weighted by atomic mass is 9.90. The largest absolute Gasteiger partial charge is 0.341 e. The van der Waals surface area contributed by atoms with Crippen LogP contribution in [0.15, 0.2) is 22.7 Å². The second kappa shape index (κ2) is 6.96. The summed E-state index contributed by atoms with van der Waals surface area (Å²) in [6.07, 6.45) is 0.646. The fourth-order valence-corrected chi connectivity index (χ4v) is 5.69. The van der Waals surface area contributed by atoms with E-state index in [-0.39, 0.29) is 18.0 Å². The van der Waals surface area contributed by atoms with Crippen molar-refractivity contribution in [3.05, 3.63) is 33.8 Å². The predicted molar refractivity (Wildman–Crippen MR) is 90.6 cm³/mol. The van der Waals surface area contributed by atoms with Crippen molar-refractivity contribution < 1.29 is 18.4 Å². The highest BCUT2D eigenvalue weighted by molar-refractivity contribution is 9.10. The van der Waals surface area contributed by atoms with Crippen LogP contribution in [-0.2, 0) is 20.0 Å². The van der Waals surface area contributed by atoms with E-state index in [4.69, 9.17) is 9.05 Å². The van der Waals surface area contributed by atoms with E-state index in [9.17, 15) is 9.36 Å². The maximum absolute atomic E-state index is 13.2. The topological polar surface area (TPSA) is 52.6 Å². The SMILES string of the molecule is CC(C)OP(=O)(OC(C)C)C1CCc2cccc(Br)c2C1=O. The third-order valence-corrected chi connectivity index (χ3v) is 6.78. The van der Waals surface area contributed by atoms with Crippen molar-refractivity contribution in [3.63, 3.8) is 0 Å². The van der Waals surface area contributed by atoms with Crippen LogP contribution >= 0.6 is 23.5 Å². The van der Waals surface area contributed by atoms with E-state index in [1.54, 1.807) is 27.7 Å². The van der Waals surface area contributed by atoms with Gasteiger partial charge in [0.1, 0.15) is 5.66 Å². The highest BCUT2D eigenvalue weighted by atomic mass is 79.9. The van der Waals surface area contributed by atoms with Crippen LogP contribution in [0.5, 0.6) is 0 Å². The summed E-state index contributed by atoms with van der Waals surface area (Å²) in [5.41, 5.74) is 0.860. The fraction of sp³-hybridized carbons (Fsp3) is 0.562. The zero-order valence-corrected chi connectivity index (χ0v) is 15.8. The second-order valence-electron chi connectivity index (χ2n) is 6.04. The first-order chi connectivity index (χ1) is 10.2. The average molecular weight is 389 g/mol. The predicted octanol–water partition coefficient (Wildman–Crippen LogP) is 4.99. The Labute approximate surface area is 140 Å². The van der Waals surface area contributed by atoms with Gasteiger partial charge in [0.2, 0.25) is 0 Å². The Balaban J connectivity index is 2.40. The van der Waals surface area contributed by atoms with Crippen molar-refractivity contribution in [1.29, 1.82) is 0 Å².